The Morgan fingerprint density at radius 3 is 2.64 bits per heavy atom. The number of aryl methyl sites for hydroxylation is 2. The van der Waals surface area contributed by atoms with Crippen LogP contribution >= 0.6 is 0 Å². The number of nitrogens with one attached hydrogen (secondary N) is 1. The number of benzene rings is 1. The molecule has 0 spiro atoms. The topological polar surface area (TPSA) is 72.7 Å². The summed E-state index contributed by atoms with van der Waals surface area (Å²) in [6.07, 6.45) is 12.9. The van der Waals surface area contributed by atoms with Gasteiger partial charge in [0, 0.05) is 35.8 Å². The Bertz CT molecular complexity index is 958. The van der Waals surface area contributed by atoms with Gasteiger partial charge in [0.2, 0.25) is 0 Å². The molecule has 6 heteroatoms. The van der Waals surface area contributed by atoms with Gasteiger partial charge in [0.1, 0.15) is 0 Å². The van der Waals surface area contributed by atoms with Crippen molar-refractivity contribution in [2.24, 2.45) is 0 Å². The number of nitrogens with zero attached hydrogens (tertiary/aromatic N) is 4. The third kappa shape index (κ3) is 3.96. The van der Waals surface area contributed by atoms with Crippen LogP contribution in [-0.4, -0.2) is 31.7 Å². The van der Waals surface area contributed by atoms with Crippen molar-refractivity contribution < 1.29 is 4.79 Å². The molecular weight excluding hydrogens is 350 g/mol. The van der Waals surface area contributed by atoms with Gasteiger partial charge >= 0.3 is 0 Å². The van der Waals surface area contributed by atoms with Crippen LogP contribution in [0.15, 0.2) is 49.2 Å². The van der Waals surface area contributed by atoms with Gasteiger partial charge < -0.3 is 5.32 Å². The minimum atomic E-state index is 0.0324. The van der Waals surface area contributed by atoms with E-state index in [0.717, 1.165) is 48.1 Å². The molecule has 2 aromatic heterocycles. The summed E-state index contributed by atoms with van der Waals surface area (Å²) in [6.45, 7) is 4.03. The van der Waals surface area contributed by atoms with E-state index in [2.05, 4.69) is 26.4 Å². The molecule has 28 heavy (non-hydrogen) atoms. The van der Waals surface area contributed by atoms with Gasteiger partial charge in [-0.15, -0.1) is 0 Å². The average molecular weight is 375 g/mol. The van der Waals surface area contributed by atoms with Crippen LogP contribution in [0.2, 0.25) is 0 Å². The average Bonchev–Trinajstić information content (AvgIpc) is 3.19. The van der Waals surface area contributed by atoms with Gasteiger partial charge in [-0.25, -0.2) is 0 Å². The first kappa shape index (κ1) is 18.3. The predicted octanol–water partition coefficient (Wildman–Crippen LogP) is 3.87. The van der Waals surface area contributed by atoms with Crippen LogP contribution in [0, 0.1) is 13.8 Å². The molecule has 1 aliphatic rings. The van der Waals surface area contributed by atoms with E-state index in [0.29, 0.717) is 6.04 Å². The molecule has 1 amide bonds. The van der Waals surface area contributed by atoms with Crippen LogP contribution in [0.3, 0.4) is 0 Å². The van der Waals surface area contributed by atoms with Crippen LogP contribution in [0.5, 0.6) is 0 Å². The fourth-order valence-electron chi connectivity index (χ4n) is 3.93. The molecule has 0 saturated heterocycles. The zero-order chi connectivity index (χ0) is 19.5. The maximum atomic E-state index is 12.6. The van der Waals surface area contributed by atoms with Gasteiger partial charge in [0.15, 0.2) is 0 Å². The highest BCUT2D eigenvalue weighted by atomic mass is 16.1. The van der Waals surface area contributed by atoms with E-state index in [4.69, 9.17) is 0 Å². The number of rotatable bonds is 4. The van der Waals surface area contributed by atoms with Crippen molar-refractivity contribution in [2.45, 2.75) is 51.6 Å². The standard InChI is InChI=1S/C22H25N5O/c1-15-3-8-20(16(2)11-15)22(28)26-18-4-6-19(7-5-18)27-14-17(12-25-27)21-13-23-9-10-24-21/h3,8-14,18-19H,4-7H2,1-2H3,(H,26,28). The summed E-state index contributed by atoms with van der Waals surface area (Å²) in [6, 6.07) is 6.55. The summed E-state index contributed by atoms with van der Waals surface area (Å²) >= 11 is 0. The molecule has 0 radical (unpaired) electrons. The predicted molar refractivity (Wildman–Crippen MR) is 108 cm³/mol. The number of amides is 1. The van der Waals surface area contributed by atoms with E-state index in [1.54, 1.807) is 18.6 Å². The quantitative estimate of drug-likeness (QED) is 0.751. The van der Waals surface area contributed by atoms with Crippen LogP contribution in [0.4, 0.5) is 0 Å². The molecule has 144 valence electrons. The number of hydrogen-bond acceptors (Lipinski definition) is 4. The summed E-state index contributed by atoms with van der Waals surface area (Å²) in [5.41, 5.74) is 4.80. The molecule has 0 aliphatic heterocycles. The molecule has 4 rings (SSSR count). The third-order valence-corrected chi connectivity index (χ3v) is 5.49. The van der Waals surface area contributed by atoms with Crippen LogP contribution in [0.1, 0.15) is 53.2 Å². The Kier molecular flexibility index (Phi) is 5.19. The van der Waals surface area contributed by atoms with Gasteiger partial charge in [-0.2, -0.15) is 5.10 Å². The van der Waals surface area contributed by atoms with Crippen molar-refractivity contribution in [3.8, 4) is 11.3 Å². The van der Waals surface area contributed by atoms with Gasteiger partial charge in [-0.1, -0.05) is 17.7 Å². The largest absolute Gasteiger partial charge is 0.349 e. The van der Waals surface area contributed by atoms with Crippen molar-refractivity contribution in [3.63, 3.8) is 0 Å². The van der Waals surface area contributed by atoms with Gasteiger partial charge in [-0.05, 0) is 51.2 Å². The zero-order valence-electron chi connectivity index (χ0n) is 16.3. The summed E-state index contributed by atoms with van der Waals surface area (Å²) in [5.74, 6) is 0.0324. The van der Waals surface area contributed by atoms with E-state index in [9.17, 15) is 4.79 Å². The second-order valence-electron chi connectivity index (χ2n) is 7.60. The lowest BCUT2D eigenvalue weighted by atomic mass is 9.91. The van der Waals surface area contributed by atoms with Crippen molar-refractivity contribution >= 4 is 5.91 Å². The van der Waals surface area contributed by atoms with E-state index in [1.165, 1.54) is 5.56 Å². The van der Waals surface area contributed by atoms with Crippen molar-refractivity contribution in [1.82, 2.24) is 25.1 Å². The lowest BCUT2D eigenvalue weighted by Gasteiger charge is -2.29. The molecule has 2 heterocycles. The molecule has 1 saturated carbocycles. The van der Waals surface area contributed by atoms with E-state index in [1.807, 2.05) is 43.1 Å². The molecule has 0 unspecified atom stereocenters. The van der Waals surface area contributed by atoms with Crippen LogP contribution in [0.25, 0.3) is 11.3 Å². The molecule has 1 aromatic carbocycles. The first-order valence-electron chi connectivity index (χ1n) is 9.79. The van der Waals surface area contributed by atoms with Crippen molar-refractivity contribution in [2.75, 3.05) is 0 Å². The fourth-order valence-corrected chi connectivity index (χ4v) is 3.93. The molecule has 0 bridgehead atoms. The first-order valence-corrected chi connectivity index (χ1v) is 9.79. The second-order valence-corrected chi connectivity index (χ2v) is 7.60. The summed E-state index contributed by atoms with van der Waals surface area (Å²) < 4.78 is 2.03. The number of aromatic nitrogens is 4. The summed E-state index contributed by atoms with van der Waals surface area (Å²) in [7, 11) is 0. The Morgan fingerprint density at radius 2 is 1.93 bits per heavy atom. The van der Waals surface area contributed by atoms with Gasteiger partial charge in [0.05, 0.1) is 24.1 Å². The fraction of sp³-hybridized carbons (Fsp3) is 0.364. The Labute approximate surface area is 165 Å². The lowest BCUT2D eigenvalue weighted by molar-refractivity contribution is 0.0921. The molecule has 0 atom stereocenters. The Morgan fingerprint density at radius 1 is 1.11 bits per heavy atom. The first-order chi connectivity index (χ1) is 13.6. The Hall–Kier alpha value is -3.02. The van der Waals surface area contributed by atoms with E-state index >= 15 is 0 Å². The highest BCUT2D eigenvalue weighted by Gasteiger charge is 2.25. The number of hydrogen-bond donors (Lipinski definition) is 1. The molecule has 6 nitrogen and oxygen atoms in total. The zero-order valence-corrected chi connectivity index (χ0v) is 16.3. The molecule has 1 aliphatic carbocycles. The van der Waals surface area contributed by atoms with E-state index < -0.39 is 0 Å². The maximum Gasteiger partial charge on any atom is 0.251 e. The molecule has 3 aromatic rings. The van der Waals surface area contributed by atoms with Crippen molar-refractivity contribution in [1.29, 1.82) is 0 Å². The van der Waals surface area contributed by atoms with Gasteiger partial charge in [-0.3, -0.25) is 19.4 Å². The second kappa shape index (κ2) is 7.92. The Balaban J connectivity index is 1.35. The summed E-state index contributed by atoms with van der Waals surface area (Å²) in [4.78, 5) is 21.1. The van der Waals surface area contributed by atoms with E-state index in [-0.39, 0.29) is 11.9 Å². The number of carbonyl (C=O) groups excluding carboxylic acids is 1. The molecule has 1 N–H and O–H groups in total. The smallest absolute Gasteiger partial charge is 0.251 e. The normalized spacial score (nSPS) is 19.4. The SMILES string of the molecule is Cc1ccc(C(=O)NC2CCC(n3cc(-c4cnccn4)cn3)CC2)c(C)c1. The van der Waals surface area contributed by atoms with Gasteiger partial charge in [0.25, 0.3) is 5.91 Å². The minimum absolute atomic E-state index is 0.0324. The van der Waals surface area contributed by atoms with Crippen LogP contribution < -0.4 is 5.32 Å². The number of carbonyl (C=O) groups is 1. The molecular formula is C22H25N5O. The third-order valence-electron chi connectivity index (χ3n) is 5.49. The lowest BCUT2D eigenvalue weighted by Crippen LogP contribution is -2.38. The van der Waals surface area contributed by atoms with Crippen molar-refractivity contribution in [3.05, 3.63) is 65.9 Å². The minimum Gasteiger partial charge on any atom is -0.349 e. The highest BCUT2D eigenvalue weighted by molar-refractivity contribution is 5.95. The summed E-state index contributed by atoms with van der Waals surface area (Å²) in [5, 5.41) is 7.74. The maximum absolute atomic E-state index is 12.6. The monoisotopic (exact) mass is 375 g/mol. The highest BCUT2D eigenvalue weighted by Crippen LogP contribution is 2.29. The molecule has 1 fully saturated rings. The van der Waals surface area contributed by atoms with Crippen LogP contribution in [-0.2, 0) is 0 Å².